The molecule has 0 spiro atoms. The van der Waals surface area contributed by atoms with Gasteiger partial charge in [0, 0.05) is 13.2 Å². The first-order valence-electron chi connectivity index (χ1n) is 6.54. The molecular weight excluding hydrogens is 232 g/mol. The van der Waals surface area contributed by atoms with Crippen LogP contribution in [0.1, 0.15) is 49.7 Å². The molecule has 0 saturated carbocycles. The molecule has 0 radical (unpaired) electrons. The largest absolute Gasteiger partial charge is 0.462 e. The summed E-state index contributed by atoms with van der Waals surface area (Å²) in [6.45, 7) is 8.03. The van der Waals surface area contributed by atoms with Gasteiger partial charge in [-0.05, 0) is 20.3 Å². The molecule has 5 heteroatoms. The van der Waals surface area contributed by atoms with Crippen LogP contribution in [-0.2, 0) is 22.6 Å². The fourth-order valence-electron chi connectivity index (χ4n) is 1.64. The molecule has 1 aromatic rings. The summed E-state index contributed by atoms with van der Waals surface area (Å²) in [5, 5.41) is 4.25. The van der Waals surface area contributed by atoms with Crippen LogP contribution in [0.5, 0.6) is 0 Å². The van der Waals surface area contributed by atoms with E-state index in [-0.39, 0.29) is 5.97 Å². The molecule has 0 N–H and O–H groups in total. The van der Waals surface area contributed by atoms with Crippen LogP contribution in [0.3, 0.4) is 0 Å². The van der Waals surface area contributed by atoms with Crippen molar-refractivity contribution in [3.8, 4) is 0 Å². The van der Waals surface area contributed by atoms with Gasteiger partial charge in [-0.2, -0.15) is 5.10 Å². The minimum Gasteiger partial charge on any atom is -0.462 e. The van der Waals surface area contributed by atoms with Crippen molar-refractivity contribution < 1.29 is 14.3 Å². The molecule has 0 unspecified atom stereocenters. The molecule has 1 heterocycles. The number of aryl methyl sites for hydroxylation is 1. The molecule has 18 heavy (non-hydrogen) atoms. The Bertz CT molecular complexity index is 374. The van der Waals surface area contributed by atoms with Crippen LogP contribution in [0.4, 0.5) is 0 Å². The number of rotatable bonds is 8. The second-order valence-electron chi connectivity index (χ2n) is 3.94. The van der Waals surface area contributed by atoms with Gasteiger partial charge in [0.05, 0.1) is 25.1 Å². The lowest BCUT2D eigenvalue weighted by Crippen LogP contribution is -2.12. The maximum absolute atomic E-state index is 11.8. The number of esters is 1. The highest BCUT2D eigenvalue weighted by Gasteiger charge is 2.18. The highest BCUT2D eigenvalue weighted by atomic mass is 16.5. The topological polar surface area (TPSA) is 53.4 Å². The Hall–Kier alpha value is -1.36. The van der Waals surface area contributed by atoms with Crippen LogP contribution in [0.2, 0.25) is 0 Å². The molecule has 1 aromatic heterocycles. The van der Waals surface area contributed by atoms with E-state index in [0.717, 1.165) is 25.1 Å². The lowest BCUT2D eigenvalue weighted by atomic mass is 10.2. The van der Waals surface area contributed by atoms with Crippen LogP contribution in [-0.4, -0.2) is 29.0 Å². The third-order valence-electron chi connectivity index (χ3n) is 2.61. The lowest BCUT2D eigenvalue weighted by molar-refractivity contribution is 0.0518. The fourth-order valence-corrected chi connectivity index (χ4v) is 1.64. The molecule has 0 saturated heterocycles. The summed E-state index contributed by atoms with van der Waals surface area (Å²) in [6, 6.07) is 0. The summed E-state index contributed by atoms with van der Waals surface area (Å²) in [5.41, 5.74) is 1.32. The average Bonchev–Trinajstić information content (AvgIpc) is 2.77. The maximum atomic E-state index is 11.8. The number of nitrogens with zero attached hydrogens (tertiary/aromatic N) is 2. The molecule has 0 bridgehead atoms. The molecule has 0 atom stereocenters. The molecule has 5 nitrogen and oxygen atoms in total. The fraction of sp³-hybridized carbons (Fsp3) is 0.692. The highest BCUT2D eigenvalue weighted by Crippen LogP contribution is 2.13. The Kier molecular flexibility index (Phi) is 6.43. The molecule has 0 aliphatic heterocycles. The zero-order chi connectivity index (χ0) is 13.4. The Balaban J connectivity index is 2.87. The Morgan fingerprint density at radius 1 is 1.33 bits per heavy atom. The Labute approximate surface area is 108 Å². The van der Waals surface area contributed by atoms with E-state index in [4.69, 9.17) is 9.47 Å². The summed E-state index contributed by atoms with van der Waals surface area (Å²) >= 11 is 0. The van der Waals surface area contributed by atoms with Crippen molar-refractivity contribution in [3.63, 3.8) is 0 Å². The minimum absolute atomic E-state index is 0.324. The molecule has 0 aliphatic carbocycles. The Morgan fingerprint density at radius 3 is 2.72 bits per heavy atom. The van der Waals surface area contributed by atoms with Crippen molar-refractivity contribution in [2.45, 2.75) is 46.8 Å². The van der Waals surface area contributed by atoms with Gasteiger partial charge in [0.15, 0.2) is 0 Å². The normalized spacial score (nSPS) is 10.6. The van der Waals surface area contributed by atoms with Gasteiger partial charge in [-0.15, -0.1) is 0 Å². The van der Waals surface area contributed by atoms with E-state index in [9.17, 15) is 4.79 Å². The maximum Gasteiger partial charge on any atom is 0.341 e. The summed E-state index contributed by atoms with van der Waals surface area (Å²) < 4.78 is 12.3. The summed E-state index contributed by atoms with van der Waals surface area (Å²) in [6.07, 6.45) is 3.69. The number of hydrogen-bond acceptors (Lipinski definition) is 4. The number of carbonyl (C=O) groups excluding carboxylic acids is 1. The average molecular weight is 254 g/mol. The van der Waals surface area contributed by atoms with Gasteiger partial charge in [-0.25, -0.2) is 4.79 Å². The Morgan fingerprint density at radius 2 is 2.11 bits per heavy atom. The quantitative estimate of drug-likeness (QED) is 0.668. The minimum atomic E-state index is -0.324. The van der Waals surface area contributed by atoms with Crippen LogP contribution in [0, 0.1) is 0 Å². The van der Waals surface area contributed by atoms with E-state index in [1.807, 2.05) is 11.6 Å². The molecular formula is C13H22N2O3. The smallest absolute Gasteiger partial charge is 0.341 e. The first-order valence-corrected chi connectivity index (χ1v) is 6.54. The predicted molar refractivity (Wildman–Crippen MR) is 68.4 cm³/mol. The van der Waals surface area contributed by atoms with E-state index < -0.39 is 0 Å². The number of hydrogen-bond donors (Lipinski definition) is 0. The van der Waals surface area contributed by atoms with Gasteiger partial charge in [0.2, 0.25) is 0 Å². The van der Waals surface area contributed by atoms with E-state index in [0.29, 0.717) is 25.4 Å². The van der Waals surface area contributed by atoms with Crippen molar-refractivity contribution in [1.29, 1.82) is 0 Å². The molecule has 0 aliphatic rings. The van der Waals surface area contributed by atoms with Crippen molar-refractivity contribution >= 4 is 5.97 Å². The third kappa shape index (κ3) is 3.84. The van der Waals surface area contributed by atoms with Crippen molar-refractivity contribution in [2.75, 3.05) is 13.2 Å². The first kappa shape index (κ1) is 14.7. The van der Waals surface area contributed by atoms with Crippen LogP contribution in [0.15, 0.2) is 6.20 Å². The number of unbranched alkanes of at least 4 members (excludes halogenated alkanes) is 1. The number of aromatic nitrogens is 2. The van der Waals surface area contributed by atoms with E-state index >= 15 is 0 Å². The standard InChI is InChI=1S/C13H22N2O3/c1-4-7-8-15-12(10-17-5-2)11(9-14-15)13(16)18-6-3/h9H,4-8,10H2,1-3H3. The summed E-state index contributed by atoms with van der Waals surface area (Å²) in [4.78, 5) is 11.8. The van der Waals surface area contributed by atoms with E-state index in [1.54, 1.807) is 13.1 Å². The first-order chi connectivity index (χ1) is 8.74. The van der Waals surface area contributed by atoms with Gasteiger partial charge < -0.3 is 9.47 Å². The summed E-state index contributed by atoms with van der Waals surface area (Å²) in [5.74, 6) is -0.324. The van der Waals surface area contributed by atoms with Gasteiger partial charge in [0.1, 0.15) is 5.56 Å². The van der Waals surface area contributed by atoms with Gasteiger partial charge >= 0.3 is 5.97 Å². The lowest BCUT2D eigenvalue weighted by Gasteiger charge is -2.09. The summed E-state index contributed by atoms with van der Waals surface area (Å²) in [7, 11) is 0. The van der Waals surface area contributed by atoms with E-state index in [1.165, 1.54) is 0 Å². The number of carbonyl (C=O) groups is 1. The van der Waals surface area contributed by atoms with Gasteiger partial charge in [0.25, 0.3) is 0 Å². The number of ether oxygens (including phenoxy) is 2. The second-order valence-corrected chi connectivity index (χ2v) is 3.94. The zero-order valence-corrected chi connectivity index (χ0v) is 11.4. The predicted octanol–water partition coefficient (Wildman–Crippen LogP) is 2.40. The second kappa shape index (κ2) is 7.87. The highest BCUT2D eigenvalue weighted by molar-refractivity contribution is 5.90. The van der Waals surface area contributed by atoms with Crippen molar-refractivity contribution in [3.05, 3.63) is 17.5 Å². The molecule has 0 amide bonds. The third-order valence-corrected chi connectivity index (χ3v) is 2.61. The van der Waals surface area contributed by atoms with E-state index in [2.05, 4.69) is 12.0 Å². The van der Waals surface area contributed by atoms with Crippen molar-refractivity contribution in [2.24, 2.45) is 0 Å². The monoisotopic (exact) mass is 254 g/mol. The van der Waals surface area contributed by atoms with Crippen LogP contribution in [0.25, 0.3) is 0 Å². The SMILES string of the molecule is CCCCn1ncc(C(=O)OCC)c1COCC. The molecule has 0 fully saturated rings. The van der Waals surface area contributed by atoms with Crippen LogP contribution >= 0.6 is 0 Å². The molecule has 1 rings (SSSR count). The zero-order valence-electron chi connectivity index (χ0n) is 11.4. The van der Waals surface area contributed by atoms with Gasteiger partial charge in [-0.3, -0.25) is 4.68 Å². The van der Waals surface area contributed by atoms with Crippen LogP contribution < -0.4 is 0 Å². The molecule has 102 valence electrons. The molecule has 0 aromatic carbocycles. The van der Waals surface area contributed by atoms with Crippen molar-refractivity contribution in [1.82, 2.24) is 9.78 Å². The van der Waals surface area contributed by atoms with Gasteiger partial charge in [-0.1, -0.05) is 13.3 Å².